The molecule has 0 aliphatic rings. The number of ether oxygens (including phenoxy) is 1. The Kier molecular flexibility index (Phi) is 4.49. The average molecular weight is 378 g/mol. The van der Waals surface area contributed by atoms with Crippen molar-refractivity contribution in [2.24, 2.45) is 0 Å². The molecule has 0 aliphatic heterocycles. The summed E-state index contributed by atoms with van der Waals surface area (Å²) in [5, 5.41) is 2.53. The van der Waals surface area contributed by atoms with Crippen LogP contribution in [-0.2, 0) is 13.2 Å². The summed E-state index contributed by atoms with van der Waals surface area (Å²) in [5.41, 5.74) is 4.53. The number of hydrogen-bond donors (Lipinski definition) is 0. The quantitative estimate of drug-likeness (QED) is 0.368. The van der Waals surface area contributed by atoms with Gasteiger partial charge in [-0.05, 0) is 47.0 Å². The molecule has 0 saturated carbocycles. The summed E-state index contributed by atoms with van der Waals surface area (Å²) in [6, 6.07) is 31.4. The highest BCUT2D eigenvalue weighted by Gasteiger charge is 2.13. The molecule has 0 spiro atoms. The number of benzene rings is 4. The van der Waals surface area contributed by atoms with Gasteiger partial charge in [-0.25, -0.2) is 4.98 Å². The first kappa shape index (κ1) is 17.5. The molecule has 29 heavy (non-hydrogen) atoms. The van der Waals surface area contributed by atoms with Crippen LogP contribution in [0.1, 0.15) is 17.0 Å². The van der Waals surface area contributed by atoms with Crippen LogP contribution >= 0.6 is 0 Å². The number of nitrogens with zero attached hydrogens (tertiary/aromatic N) is 2. The topological polar surface area (TPSA) is 27.1 Å². The summed E-state index contributed by atoms with van der Waals surface area (Å²) < 4.78 is 8.41. The largest absolute Gasteiger partial charge is 0.485 e. The maximum absolute atomic E-state index is 6.13. The van der Waals surface area contributed by atoms with Crippen molar-refractivity contribution in [3.8, 4) is 5.75 Å². The zero-order valence-electron chi connectivity index (χ0n) is 16.4. The van der Waals surface area contributed by atoms with Crippen LogP contribution in [0.25, 0.3) is 21.8 Å². The van der Waals surface area contributed by atoms with Gasteiger partial charge in [-0.1, -0.05) is 72.8 Å². The standard InChI is InChI=1S/C26H22N2O/c1-19-9-2-7-16-25(19)29-18-26-27-23-14-5-6-15-24(23)28(26)17-21-12-8-11-20-10-3-4-13-22(20)21/h2-16H,17-18H2,1H3. The van der Waals surface area contributed by atoms with Gasteiger partial charge in [0.1, 0.15) is 18.2 Å². The second-order valence-corrected chi connectivity index (χ2v) is 7.30. The zero-order chi connectivity index (χ0) is 19.6. The minimum atomic E-state index is 0.435. The highest BCUT2D eigenvalue weighted by Crippen LogP contribution is 2.24. The Bertz CT molecular complexity index is 1300. The first-order chi connectivity index (χ1) is 14.3. The van der Waals surface area contributed by atoms with E-state index in [2.05, 4.69) is 78.2 Å². The zero-order valence-corrected chi connectivity index (χ0v) is 16.4. The lowest BCUT2D eigenvalue weighted by atomic mass is 10.0. The van der Waals surface area contributed by atoms with E-state index in [9.17, 15) is 0 Å². The van der Waals surface area contributed by atoms with Crippen molar-refractivity contribution in [3.05, 3.63) is 108 Å². The molecule has 0 bridgehead atoms. The van der Waals surface area contributed by atoms with E-state index < -0.39 is 0 Å². The minimum absolute atomic E-state index is 0.435. The predicted octanol–water partition coefficient (Wildman–Crippen LogP) is 6.13. The van der Waals surface area contributed by atoms with E-state index in [-0.39, 0.29) is 0 Å². The van der Waals surface area contributed by atoms with Crippen molar-refractivity contribution < 1.29 is 4.74 Å². The van der Waals surface area contributed by atoms with E-state index in [1.54, 1.807) is 0 Å². The monoisotopic (exact) mass is 378 g/mol. The van der Waals surface area contributed by atoms with Gasteiger partial charge >= 0.3 is 0 Å². The van der Waals surface area contributed by atoms with Crippen LogP contribution < -0.4 is 4.74 Å². The van der Waals surface area contributed by atoms with Gasteiger partial charge in [0.25, 0.3) is 0 Å². The van der Waals surface area contributed by atoms with E-state index >= 15 is 0 Å². The summed E-state index contributed by atoms with van der Waals surface area (Å²) in [4.78, 5) is 4.87. The third kappa shape index (κ3) is 3.36. The smallest absolute Gasteiger partial charge is 0.148 e. The molecule has 3 heteroatoms. The molecule has 0 amide bonds. The van der Waals surface area contributed by atoms with Crippen molar-refractivity contribution in [2.45, 2.75) is 20.1 Å². The van der Waals surface area contributed by atoms with Crippen molar-refractivity contribution in [3.63, 3.8) is 0 Å². The van der Waals surface area contributed by atoms with Crippen molar-refractivity contribution in [1.82, 2.24) is 9.55 Å². The normalized spacial score (nSPS) is 11.2. The minimum Gasteiger partial charge on any atom is -0.485 e. The number of aromatic nitrogens is 2. The van der Waals surface area contributed by atoms with Crippen molar-refractivity contribution in [1.29, 1.82) is 0 Å². The second-order valence-electron chi connectivity index (χ2n) is 7.30. The van der Waals surface area contributed by atoms with Gasteiger partial charge in [-0.2, -0.15) is 0 Å². The van der Waals surface area contributed by atoms with Crippen LogP contribution in [0, 0.1) is 6.92 Å². The van der Waals surface area contributed by atoms with Gasteiger partial charge in [-0.15, -0.1) is 0 Å². The summed E-state index contributed by atoms with van der Waals surface area (Å²) in [5.74, 6) is 1.83. The van der Waals surface area contributed by atoms with Gasteiger partial charge < -0.3 is 9.30 Å². The van der Waals surface area contributed by atoms with E-state index in [0.29, 0.717) is 6.61 Å². The lowest BCUT2D eigenvalue weighted by molar-refractivity contribution is 0.289. The van der Waals surface area contributed by atoms with Crippen LogP contribution in [-0.4, -0.2) is 9.55 Å². The number of rotatable bonds is 5. The lowest BCUT2D eigenvalue weighted by Gasteiger charge is -2.13. The number of fused-ring (bicyclic) bond motifs is 2. The fraction of sp³-hybridized carbons (Fsp3) is 0.115. The maximum atomic E-state index is 6.13. The van der Waals surface area contributed by atoms with Gasteiger partial charge in [-0.3, -0.25) is 0 Å². The third-order valence-corrected chi connectivity index (χ3v) is 5.39. The molecule has 1 aromatic heterocycles. The molecule has 3 nitrogen and oxygen atoms in total. The second kappa shape index (κ2) is 7.44. The van der Waals surface area contributed by atoms with Crippen LogP contribution in [0.15, 0.2) is 91.0 Å². The van der Waals surface area contributed by atoms with Crippen LogP contribution in [0.3, 0.4) is 0 Å². The molecule has 0 fully saturated rings. The third-order valence-electron chi connectivity index (χ3n) is 5.39. The van der Waals surface area contributed by atoms with Gasteiger partial charge in [0, 0.05) is 0 Å². The fourth-order valence-corrected chi connectivity index (χ4v) is 3.87. The van der Waals surface area contributed by atoms with E-state index in [0.717, 1.165) is 34.7 Å². The van der Waals surface area contributed by atoms with E-state index in [1.165, 1.54) is 16.3 Å². The first-order valence-electron chi connectivity index (χ1n) is 9.89. The number of para-hydroxylation sites is 3. The molecule has 0 unspecified atom stereocenters. The van der Waals surface area contributed by atoms with E-state index in [1.807, 2.05) is 24.3 Å². The summed E-state index contributed by atoms with van der Waals surface area (Å²) in [6.07, 6.45) is 0. The van der Waals surface area contributed by atoms with Gasteiger partial charge in [0.2, 0.25) is 0 Å². The Morgan fingerprint density at radius 2 is 1.55 bits per heavy atom. The Morgan fingerprint density at radius 3 is 2.48 bits per heavy atom. The summed E-state index contributed by atoms with van der Waals surface area (Å²) >= 11 is 0. The molecule has 1 heterocycles. The summed E-state index contributed by atoms with van der Waals surface area (Å²) in [6.45, 7) is 3.26. The number of hydrogen-bond acceptors (Lipinski definition) is 2. The molecule has 4 aromatic carbocycles. The lowest BCUT2D eigenvalue weighted by Crippen LogP contribution is -2.09. The van der Waals surface area contributed by atoms with Crippen molar-refractivity contribution >= 4 is 21.8 Å². The molecule has 0 N–H and O–H groups in total. The van der Waals surface area contributed by atoms with Crippen LogP contribution in [0.5, 0.6) is 5.75 Å². The Labute approximate surface area is 170 Å². The molecule has 0 radical (unpaired) electrons. The molecular weight excluding hydrogens is 356 g/mol. The Hall–Kier alpha value is -3.59. The first-order valence-corrected chi connectivity index (χ1v) is 9.89. The molecule has 0 saturated heterocycles. The Morgan fingerprint density at radius 1 is 0.793 bits per heavy atom. The Balaban J connectivity index is 1.55. The molecule has 0 atom stereocenters. The average Bonchev–Trinajstić information content (AvgIpc) is 3.11. The van der Waals surface area contributed by atoms with Crippen molar-refractivity contribution in [2.75, 3.05) is 0 Å². The molecular formula is C26H22N2O. The molecule has 142 valence electrons. The number of aryl methyl sites for hydroxylation is 1. The fourth-order valence-electron chi connectivity index (χ4n) is 3.87. The molecule has 5 rings (SSSR count). The van der Waals surface area contributed by atoms with E-state index in [4.69, 9.17) is 9.72 Å². The highest BCUT2D eigenvalue weighted by molar-refractivity contribution is 5.86. The van der Waals surface area contributed by atoms with Crippen LogP contribution in [0.2, 0.25) is 0 Å². The number of imidazole rings is 1. The van der Waals surface area contributed by atoms with Crippen LogP contribution in [0.4, 0.5) is 0 Å². The molecule has 0 aliphatic carbocycles. The molecule has 5 aromatic rings. The SMILES string of the molecule is Cc1ccccc1OCc1nc2ccccc2n1Cc1cccc2ccccc12. The predicted molar refractivity (Wildman–Crippen MR) is 118 cm³/mol. The maximum Gasteiger partial charge on any atom is 0.148 e. The highest BCUT2D eigenvalue weighted by atomic mass is 16.5. The summed E-state index contributed by atoms with van der Waals surface area (Å²) in [7, 11) is 0. The van der Waals surface area contributed by atoms with Gasteiger partial charge in [0.05, 0.1) is 17.6 Å². The van der Waals surface area contributed by atoms with Gasteiger partial charge in [0.15, 0.2) is 0 Å².